The Hall–Kier alpha value is -2.17. The van der Waals surface area contributed by atoms with Crippen molar-refractivity contribution < 1.29 is 9.90 Å². The van der Waals surface area contributed by atoms with Gasteiger partial charge in [0.05, 0.1) is 6.20 Å². The first kappa shape index (κ1) is 13.8. The molecule has 0 radical (unpaired) electrons. The fraction of sp³-hybridized carbons (Fsp3) is 0.438. The number of nitrogens with one attached hydrogen (secondary N) is 1. The Morgan fingerprint density at radius 1 is 1.24 bits per heavy atom. The van der Waals surface area contributed by atoms with Crippen LogP contribution in [0.5, 0.6) is 0 Å². The molecule has 2 N–H and O–H groups in total. The second-order valence-electron chi connectivity index (χ2n) is 5.64. The number of benzene rings is 1. The van der Waals surface area contributed by atoms with Gasteiger partial charge in [0.2, 0.25) is 0 Å². The molecule has 3 rings (SSSR count). The zero-order valence-electron chi connectivity index (χ0n) is 11.8. The molecule has 1 aliphatic rings. The quantitative estimate of drug-likeness (QED) is 0.903. The molecule has 110 valence electrons. The number of fused-ring (bicyclic) bond motifs is 1. The predicted octanol–water partition coefficient (Wildman–Crippen LogP) is 3.08. The fourth-order valence-electron chi connectivity index (χ4n) is 3.13. The molecule has 0 amide bonds. The highest BCUT2D eigenvalue weighted by atomic mass is 16.4. The minimum atomic E-state index is -0.809. The van der Waals surface area contributed by atoms with E-state index < -0.39 is 12.0 Å². The summed E-state index contributed by atoms with van der Waals surface area (Å²) in [4.78, 5) is 11.6. The van der Waals surface area contributed by atoms with E-state index in [1.807, 2.05) is 24.3 Å². The average Bonchev–Trinajstić information content (AvgIpc) is 2.53. The third kappa shape index (κ3) is 2.96. The van der Waals surface area contributed by atoms with Crippen molar-refractivity contribution in [3.8, 4) is 0 Å². The number of carbonyl (C=O) groups is 1. The summed E-state index contributed by atoms with van der Waals surface area (Å²) in [5, 5.41) is 22.6. The van der Waals surface area contributed by atoms with E-state index in [2.05, 4.69) is 15.5 Å². The van der Waals surface area contributed by atoms with Gasteiger partial charge in [-0.2, -0.15) is 5.10 Å². The summed E-state index contributed by atoms with van der Waals surface area (Å²) in [6, 6.07) is 7.15. The van der Waals surface area contributed by atoms with Crippen LogP contribution in [0.2, 0.25) is 0 Å². The van der Waals surface area contributed by atoms with Crippen LogP contribution < -0.4 is 5.32 Å². The van der Waals surface area contributed by atoms with Crippen LogP contribution in [0.1, 0.15) is 32.1 Å². The average molecular weight is 285 g/mol. The van der Waals surface area contributed by atoms with Crippen molar-refractivity contribution in [2.75, 3.05) is 5.32 Å². The van der Waals surface area contributed by atoms with E-state index in [1.165, 1.54) is 6.42 Å². The molecule has 0 saturated heterocycles. The Morgan fingerprint density at radius 2 is 2.00 bits per heavy atom. The van der Waals surface area contributed by atoms with Crippen molar-refractivity contribution in [3.05, 3.63) is 30.5 Å². The zero-order chi connectivity index (χ0) is 14.7. The number of carboxylic acid groups (broad SMARTS) is 1. The maximum atomic E-state index is 11.6. The number of hydrogen-bond donors (Lipinski definition) is 2. The standard InChI is InChI=1S/C16H19N3O2/c20-16(21)14(11-6-2-1-3-7-11)18-15-13-9-5-4-8-12(13)10-17-19-15/h4-5,8-11,14H,1-3,6-7H2,(H,18,19)(H,20,21). The summed E-state index contributed by atoms with van der Waals surface area (Å²) in [6.07, 6.45) is 7.03. The molecule has 21 heavy (non-hydrogen) atoms. The number of nitrogens with zero attached hydrogens (tertiary/aromatic N) is 2. The molecule has 1 aromatic carbocycles. The molecule has 0 spiro atoms. The zero-order valence-corrected chi connectivity index (χ0v) is 11.8. The van der Waals surface area contributed by atoms with Crippen molar-refractivity contribution in [2.45, 2.75) is 38.1 Å². The summed E-state index contributed by atoms with van der Waals surface area (Å²) in [7, 11) is 0. The third-order valence-corrected chi connectivity index (χ3v) is 4.25. The Kier molecular flexibility index (Phi) is 3.99. The van der Waals surface area contributed by atoms with E-state index in [0.717, 1.165) is 36.5 Å². The molecule has 1 saturated carbocycles. The van der Waals surface area contributed by atoms with Gasteiger partial charge in [0.15, 0.2) is 5.82 Å². The Morgan fingerprint density at radius 3 is 2.76 bits per heavy atom. The first-order chi connectivity index (χ1) is 10.3. The summed E-state index contributed by atoms with van der Waals surface area (Å²) >= 11 is 0. The molecule has 0 bridgehead atoms. The van der Waals surface area contributed by atoms with Crippen LogP contribution in [0.3, 0.4) is 0 Å². The maximum absolute atomic E-state index is 11.6. The molecule has 1 atom stereocenters. The van der Waals surface area contributed by atoms with E-state index in [1.54, 1.807) is 6.20 Å². The molecule has 1 fully saturated rings. The molecule has 1 aromatic heterocycles. The number of aromatic nitrogens is 2. The van der Waals surface area contributed by atoms with Gasteiger partial charge in [0.1, 0.15) is 6.04 Å². The van der Waals surface area contributed by atoms with Crippen LogP contribution in [-0.2, 0) is 4.79 Å². The van der Waals surface area contributed by atoms with Gasteiger partial charge in [-0.05, 0) is 18.8 Å². The molecule has 2 aromatic rings. The van der Waals surface area contributed by atoms with Crippen LogP contribution in [0.15, 0.2) is 30.5 Å². The SMILES string of the molecule is O=C(O)C(Nc1nncc2ccccc12)C1CCCCC1. The minimum absolute atomic E-state index is 0.164. The van der Waals surface area contributed by atoms with Gasteiger partial charge >= 0.3 is 5.97 Å². The largest absolute Gasteiger partial charge is 0.480 e. The van der Waals surface area contributed by atoms with E-state index in [0.29, 0.717) is 5.82 Å². The second-order valence-corrected chi connectivity index (χ2v) is 5.64. The number of rotatable bonds is 4. The summed E-state index contributed by atoms with van der Waals surface area (Å²) < 4.78 is 0. The fourth-order valence-corrected chi connectivity index (χ4v) is 3.13. The first-order valence-electron chi connectivity index (χ1n) is 7.45. The van der Waals surface area contributed by atoms with E-state index >= 15 is 0 Å². The van der Waals surface area contributed by atoms with E-state index in [-0.39, 0.29) is 5.92 Å². The molecule has 1 heterocycles. The third-order valence-electron chi connectivity index (χ3n) is 4.25. The highest BCUT2D eigenvalue weighted by Gasteiger charge is 2.30. The van der Waals surface area contributed by atoms with Gasteiger partial charge in [-0.25, -0.2) is 4.79 Å². The topological polar surface area (TPSA) is 75.1 Å². The number of hydrogen-bond acceptors (Lipinski definition) is 4. The van der Waals surface area contributed by atoms with Crippen molar-refractivity contribution in [2.24, 2.45) is 5.92 Å². The lowest BCUT2D eigenvalue weighted by Crippen LogP contribution is -2.38. The molecule has 1 unspecified atom stereocenters. The molecular weight excluding hydrogens is 266 g/mol. The normalized spacial score (nSPS) is 17.5. The summed E-state index contributed by atoms with van der Waals surface area (Å²) in [5.74, 6) is -0.0836. The molecule has 5 heteroatoms. The van der Waals surface area contributed by atoms with Crippen molar-refractivity contribution in [1.29, 1.82) is 0 Å². The van der Waals surface area contributed by atoms with Crippen LogP contribution in [0.4, 0.5) is 5.82 Å². The van der Waals surface area contributed by atoms with Crippen molar-refractivity contribution in [1.82, 2.24) is 10.2 Å². The Bertz CT molecular complexity index is 633. The number of carboxylic acids is 1. The Balaban J connectivity index is 1.89. The second kappa shape index (κ2) is 6.08. The van der Waals surface area contributed by atoms with Crippen molar-refractivity contribution in [3.63, 3.8) is 0 Å². The lowest BCUT2D eigenvalue weighted by Gasteiger charge is -2.28. The first-order valence-corrected chi connectivity index (χ1v) is 7.45. The monoisotopic (exact) mass is 285 g/mol. The highest BCUT2D eigenvalue weighted by Crippen LogP contribution is 2.29. The van der Waals surface area contributed by atoms with Crippen LogP contribution in [-0.4, -0.2) is 27.3 Å². The molecule has 0 aliphatic heterocycles. The highest BCUT2D eigenvalue weighted by molar-refractivity contribution is 5.92. The summed E-state index contributed by atoms with van der Waals surface area (Å²) in [6.45, 7) is 0. The lowest BCUT2D eigenvalue weighted by molar-refractivity contribution is -0.139. The predicted molar refractivity (Wildman–Crippen MR) is 81.2 cm³/mol. The summed E-state index contributed by atoms with van der Waals surface area (Å²) in [5.41, 5.74) is 0. The van der Waals surface area contributed by atoms with Gasteiger partial charge in [-0.1, -0.05) is 43.5 Å². The molecule has 1 aliphatic carbocycles. The van der Waals surface area contributed by atoms with Gasteiger partial charge in [0.25, 0.3) is 0 Å². The van der Waals surface area contributed by atoms with Gasteiger partial charge in [-0.15, -0.1) is 5.10 Å². The smallest absolute Gasteiger partial charge is 0.326 e. The number of anilines is 1. The molecule has 5 nitrogen and oxygen atoms in total. The van der Waals surface area contributed by atoms with Crippen LogP contribution in [0, 0.1) is 5.92 Å². The maximum Gasteiger partial charge on any atom is 0.326 e. The lowest BCUT2D eigenvalue weighted by atomic mass is 9.84. The van der Waals surface area contributed by atoms with Crippen LogP contribution >= 0.6 is 0 Å². The van der Waals surface area contributed by atoms with Crippen molar-refractivity contribution >= 4 is 22.6 Å². The van der Waals surface area contributed by atoms with E-state index in [4.69, 9.17) is 0 Å². The number of aliphatic carboxylic acids is 1. The van der Waals surface area contributed by atoms with E-state index in [9.17, 15) is 9.90 Å². The minimum Gasteiger partial charge on any atom is -0.480 e. The van der Waals surface area contributed by atoms with Gasteiger partial charge < -0.3 is 10.4 Å². The molecular formula is C16H19N3O2. The van der Waals surface area contributed by atoms with Crippen LogP contribution in [0.25, 0.3) is 10.8 Å². The van der Waals surface area contributed by atoms with Gasteiger partial charge in [-0.3, -0.25) is 0 Å². The Labute approximate surface area is 123 Å². The van der Waals surface area contributed by atoms with Gasteiger partial charge in [0, 0.05) is 10.8 Å².